The number of rotatable bonds is 6. The molecule has 1 aromatic carbocycles. The van der Waals surface area contributed by atoms with Crippen molar-refractivity contribution in [2.45, 2.75) is 32.9 Å². The van der Waals surface area contributed by atoms with E-state index in [2.05, 4.69) is 26.3 Å². The van der Waals surface area contributed by atoms with Crippen LogP contribution in [0, 0.1) is 11.6 Å². The molecule has 0 aliphatic carbocycles. The maximum absolute atomic E-state index is 14.2. The third-order valence-corrected chi connectivity index (χ3v) is 3.91. The average molecular weight is 358 g/mol. The molecule has 0 saturated heterocycles. The molecule has 0 aliphatic heterocycles. The molecule has 114 valence electrons. The normalized spacial score (nSPS) is 12.6. The third-order valence-electron chi connectivity index (χ3n) is 3.30. The standard InChI is InChI=1S/C15H18BrF2N3/c1-3-8-19-14(10-6-5-7-12(17)13(10)18)15-11(16)9-20-21(15)4-2/h5-7,9,14,19H,3-4,8H2,1-2H3. The van der Waals surface area contributed by atoms with Gasteiger partial charge in [-0.2, -0.15) is 5.10 Å². The van der Waals surface area contributed by atoms with Crippen LogP contribution in [0.4, 0.5) is 8.78 Å². The second-order valence-corrected chi connectivity index (χ2v) is 5.58. The number of benzene rings is 1. The van der Waals surface area contributed by atoms with Crippen molar-refractivity contribution in [3.63, 3.8) is 0 Å². The van der Waals surface area contributed by atoms with Gasteiger partial charge < -0.3 is 5.32 Å². The van der Waals surface area contributed by atoms with Crippen LogP contribution in [0.1, 0.15) is 37.6 Å². The van der Waals surface area contributed by atoms with Gasteiger partial charge in [0.25, 0.3) is 0 Å². The topological polar surface area (TPSA) is 29.9 Å². The first-order valence-corrected chi connectivity index (χ1v) is 7.77. The lowest BCUT2D eigenvalue weighted by Gasteiger charge is -2.21. The predicted molar refractivity (Wildman–Crippen MR) is 82.1 cm³/mol. The van der Waals surface area contributed by atoms with Crippen molar-refractivity contribution < 1.29 is 8.78 Å². The molecule has 0 saturated carbocycles. The van der Waals surface area contributed by atoms with Crippen molar-refractivity contribution in [3.8, 4) is 0 Å². The van der Waals surface area contributed by atoms with E-state index >= 15 is 0 Å². The lowest BCUT2D eigenvalue weighted by molar-refractivity contribution is 0.467. The predicted octanol–water partition coefficient (Wildman–Crippen LogP) is 4.03. The molecule has 0 radical (unpaired) electrons. The molecule has 1 atom stereocenters. The van der Waals surface area contributed by atoms with E-state index in [1.165, 1.54) is 6.07 Å². The second-order valence-electron chi connectivity index (χ2n) is 4.72. The van der Waals surface area contributed by atoms with Gasteiger partial charge in [-0.1, -0.05) is 19.1 Å². The summed E-state index contributed by atoms with van der Waals surface area (Å²) in [6, 6.07) is 3.81. The number of aryl methyl sites for hydroxylation is 1. The van der Waals surface area contributed by atoms with Crippen LogP contribution in [0.2, 0.25) is 0 Å². The first-order chi connectivity index (χ1) is 10.1. The number of hydrogen-bond donors (Lipinski definition) is 1. The van der Waals surface area contributed by atoms with Gasteiger partial charge in [-0.15, -0.1) is 0 Å². The molecule has 2 rings (SSSR count). The van der Waals surface area contributed by atoms with Gasteiger partial charge >= 0.3 is 0 Å². The second kappa shape index (κ2) is 7.13. The summed E-state index contributed by atoms with van der Waals surface area (Å²) in [4.78, 5) is 0. The summed E-state index contributed by atoms with van der Waals surface area (Å²) in [5, 5.41) is 7.53. The van der Waals surface area contributed by atoms with Crippen LogP contribution < -0.4 is 5.32 Å². The van der Waals surface area contributed by atoms with Crippen LogP contribution in [0.3, 0.4) is 0 Å². The molecule has 1 unspecified atom stereocenters. The van der Waals surface area contributed by atoms with E-state index in [-0.39, 0.29) is 0 Å². The molecule has 3 nitrogen and oxygen atoms in total. The highest BCUT2D eigenvalue weighted by molar-refractivity contribution is 9.10. The Morgan fingerprint density at radius 2 is 2.10 bits per heavy atom. The van der Waals surface area contributed by atoms with E-state index in [9.17, 15) is 8.78 Å². The molecule has 0 amide bonds. The van der Waals surface area contributed by atoms with E-state index in [4.69, 9.17) is 0 Å². The van der Waals surface area contributed by atoms with Gasteiger partial charge in [-0.05, 0) is 41.9 Å². The minimum Gasteiger partial charge on any atom is -0.305 e. The van der Waals surface area contributed by atoms with Crippen molar-refractivity contribution in [1.82, 2.24) is 15.1 Å². The number of nitrogens with zero attached hydrogens (tertiary/aromatic N) is 2. The quantitative estimate of drug-likeness (QED) is 0.845. The zero-order valence-electron chi connectivity index (χ0n) is 12.0. The zero-order valence-corrected chi connectivity index (χ0v) is 13.6. The van der Waals surface area contributed by atoms with Gasteiger partial charge in [0.15, 0.2) is 11.6 Å². The Kier molecular flexibility index (Phi) is 5.47. The zero-order chi connectivity index (χ0) is 15.4. The number of halogens is 3. The fraction of sp³-hybridized carbons (Fsp3) is 0.400. The molecule has 21 heavy (non-hydrogen) atoms. The minimum absolute atomic E-state index is 0.291. The summed E-state index contributed by atoms with van der Waals surface area (Å²) in [7, 11) is 0. The largest absolute Gasteiger partial charge is 0.305 e. The minimum atomic E-state index is -0.838. The molecule has 0 aliphatic rings. The lowest BCUT2D eigenvalue weighted by Crippen LogP contribution is -2.27. The molecule has 1 N–H and O–H groups in total. The summed E-state index contributed by atoms with van der Waals surface area (Å²) < 4.78 is 30.3. The number of aromatic nitrogens is 2. The van der Waals surface area contributed by atoms with Gasteiger partial charge in [-0.3, -0.25) is 4.68 Å². The molecule has 0 spiro atoms. The van der Waals surface area contributed by atoms with Gasteiger partial charge in [0.05, 0.1) is 22.4 Å². The maximum Gasteiger partial charge on any atom is 0.163 e. The summed E-state index contributed by atoms with van der Waals surface area (Å²) in [5.74, 6) is -1.66. The highest BCUT2D eigenvalue weighted by Crippen LogP contribution is 2.30. The van der Waals surface area contributed by atoms with E-state index in [0.717, 1.165) is 22.7 Å². The number of nitrogens with one attached hydrogen (secondary N) is 1. The molecule has 6 heteroatoms. The van der Waals surface area contributed by atoms with Crippen molar-refractivity contribution in [1.29, 1.82) is 0 Å². The van der Waals surface area contributed by atoms with Gasteiger partial charge in [-0.25, -0.2) is 8.78 Å². The highest BCUT2D eigenvalue weighted by Gasteiger charge is 2.24. The smallest absolute Gasteiger partial charge is 0.163 e. The van der Waals surface area contributed by atoms with Gasteiger partial charge in [0.1, 0.15) is 0 Å². The molecular weight excluding hydrogens is 340 g/mol. The number of hydrogen-bond acceptors (Lipinski definition) is 2. The Hall–Kier alpha value is -1.27. The average Bonchev–Trinajstić information content (AvgIpc) is 2.85. The summed E-state index contributed by atoms with van der Waals surface area (Å²) in [6.07, 6.45) is 2.57. The van der Waals surface area contributed by atoms with E-state index in [1.54, 1.807) is 16.9 Å². The van der Waals surface area contributed by atoms with Gasteiger partial charge in [0.2, 0.25) is 0 Å². The fourth-order valence-corrected chi connectivity index (χ4v) is 2.82. The van der Waals surface area contributed by atoms with Crippen LogP contribution in [-0.2, 0) is 6.54 Å². The van der Waals surface area contributed by atoms with Crippen LogP contribution in [0.25, 0.3) is 0 Å². The van der Waals surface area contributed by atoms with Crippen LogP contribution in [-0.4, -0.2) is 16.3 Å². The fourth-order valence-electron chi connectivity index (χ4n) is 2.30. The molecule has 0 bridgehead atoms. The Morgan fingerprint density at radius 3 is 2.76 bits per heavy atom. The summed E-state index contributed by atoms with van der Waals surface area (Å²) in [6.45, 7) is 5.34. The maximum atomic E-state index is 14.2. The Balaban J connectivity index is 2.52. The molecule has 1 aromatic heterocycles. The first kappa shape index (κ1) is 16.1. The van der Waals surface area contributed by atoms with E-state index < -0.39 is 17.7 Å². The monoisotopic (exact) mass is 357 g/mol. The Morgan fingerprint density at radius 1 is 1.33 bits per heavy atom. The van der Waals surface area contributed by atoms with E-state index in [1.807, 2.05) is 13.8 Å². The highest BCUT2D eigenvalue weighted by atomic mass is 79.9. The van der Waals surface area contributed by atoms with Crippen LogP contribution in [0.5, 0.6) is 0 Å². The van der Waals surface area contributed by atoms with E-state index in [0.29, 0.717) is 18.7 Å². The van der Waals surface area contributed by atoms with Crippen molar-refractivity contribution in [3.05, 3.63) is 51.8 Å². The summed E-state index contributed by atoms with van der Waals surface area (Å²) >= 11 is 3.45. The van der Waals surface area contributed by atoms with Crippen LogP contribution in [0.15, 0.2) is 28.9 Å². The Labute approximate surface area is 131 Å². The van der Waals surface area contributed by atoms with Crippen molar-refractivity contribution in [2.24, 2.45) is 0 Å². The molecule has 1 heterocycles. The molecule has 2 aromatic rings. The van der Waals surface area contributed by atoms with Crippen molar-refractivity contribution >= 4 is 15.9 Å². The molecule has 0 fully saturated rings. The van der Waals surface area contributed by atoms with Crippen LogP contribution >= 0.6 is 15.9 Å². The SMILES string of the molecule is CCCNC(c1cccc(F)c1F)c1c(Br)cnn1CC. The third kappa shape index (κ3) is 3.32. The Bertz CT molecular complexity index is 613. The van der Waals surface area contributed by atoms with Gasteiger partial charge in [0, 0.05) is 12.1 Å². The molecular formula is C15H18BrF2N3. The van der Waals surface area contributed by atoms with Crippen molar-refractivity contribution in [2.75, 3.05) is 6.54 Å². The lowest BCUT2D eigenvalue weighted by atomic mass is 10.0. The first-order valence-electron chi connectivity index (χ1n) is 6.98. The summed E-state index contributed by atoms with van der Waals surface area (Å²) in [5.41, 5.74) is 1.09.